The van der Waals surface area contributed by atoms with Gasteiger partial charge in [0, 0.05) is 24.1 Å². The Kier molecular flexibility index (Phi) is 6.15. The van der Waals surface area contributed by atoms with Gasteiger partial charge in [-0.25, -0.2) is 10.1 Å². The van der Waals surface area contributed by atoms with Crippen LogP contribution in [0.25, 0.3) is 5.82 Å². The molecule has 5 rings (SSSR count). The van der Waals surface area contributed by atoms with E-state index in [2.05, 4.69) is 43.3 Å². The van der Waals surface area contributed by atoms with E-state index in [1.165, 1.54) is 51.2 Å². The van der Waals surface area contributed by atoms with Crippen molar-refractivity contribution < 1.29 is 19.2 Å². The van der Waals surface area contributed by atoms with Crippen LogP contribution in [0.15, 0.2) is 58.3 Å². The number of amides is 1. The maximum Gasteiger partial charge on any atom is 0.294 e. The number of quaternary nitrogens is 1. The minimum Gasteiger partial charge on any atom is -0.378 e. The van der Waals surface area contributed by atoms with Gasteiger partial charge in [0.2, 0.25) is 11.6 Å². The Bertz CT molecular complexity index is 1440. The molecule has 36 heavy (non-hydrogen) atoms. The predicted molar refractivity (Wildman–Crippen MR) is 125 cm³/mol. The highest BCUT2D eigenvalue weighted by Crippen LogP contribution is 2.17. The van der Waals surface area contributed by atoms with Gasteiger partial charge in [0.05, 0.1) is 17.7 Å². The summed E-state index contributed by atoms with van der Waals surface area (Å²) in [5.41, 5.74) is 11.9. The van der Waals surface area contributed by atoms with Crippen molar-refractivity contribution in [1.82, 2.24) is 30.7 Å². The Hall–Kier alpha value is -4.98. The van der Waals surface area contributed by atoms with Crippen LogP contribution in [0.2, 0.25) is 0 Å². The van der Waals surface area contributed by atoms with Crippen molar-refractivity contribution in [3.63, 3.8) is 0 Å². The predicted octanol–water partition coefficient (Wildman–Crippen LogP) is 0.0458. The number of hydrogen-bond acceptors (Lipinski definition) is 10. The number of non-ortho nitro benzene ring substituents is 1. The fraction of sp³-hybridized carbons (Fsp3) is 0.182. The second-order valence-electron chi connectivity index (χ2n) is 8.19. The minimum atomic E-state index is -0.582. The number of nitrogen functional groups attached to an aromatic ring is 1. The summed E-state index contributed by atoms with van der Waals surface area (Å²) in [7, 11) is 0. The molecule has 0 spiro atoms. The van der Waals surface area contributed by atoms with Gasteiger partial charge in [0.15, 0.2) is 5.69 Å². The average molecular weight is 489 g/mol. The summed E-state index contributed by atoms with van der Waals surface area (Å²) >= 11 is 0. The number of hydrazone groups is 1. The van der Waals surface area contributed by atoms with Gasteiger partial charge in [0.1, 0.15) is 18.8 Å². The first-order chi connectivity index (χ1) is 17.5. The minimum absolute atomic E-state index is 0.0169. The monoisotopic (exact) mass is 489 g/mol. The molecule has 1 aliphatic rings. The van der Waals surface area contributed by atoms with Crippen LogP contribution < -0.4 is 16.1 Å². The van der Waals surface area contributed by atoms with Crippen LogP contribution in [0.1, 0.15) is 32.9 Å². The molecule has 0 saturated carbocycles. The van der Waals surface area contributed by atoms with Gasteiger partial charge in [-0.05, 0) is 33.6 Å². The number of anilines is 1. The van der Waals surface area contributed by atoms with Crippen molar-refractivity contribution in [1.29, 1.82) is 0 Å². The molecule has 1 aliphatic heterocycles. The Balaban J connectivity index is 1.37. The lowest BCUT2D eigenvalue weighted by atomic mass is 10.00. The van der Waals surface area contributed by atoms with Gasteiger partial charge in [-0.1, -0.05) is 29.5 Å². The third kappa shape index (κ3) is 4.65. The highest BCUT2D eigenvalue weighted by atomic mass is 16.6. The Morgan fingerprint density at radius 1 is 1.22 bits per heavy atom. The number of nitrogens with one attached hydrogen (secondary N) is 2. The van der Waals surface area contributed by atoms with Gasteiger partial charge >= 0.3 is 0 Å². The number of rotatable bonds is 7. The molecule has 3 heterocycles. The quantitative estimate of drug-likeness (QED) is 0.183. The first-order valence-corrected chi connectivity index (χ1v) is 11.0. The molecule has 14 nitrogen and oxygen atoms in total. The number of nitrogens with two attached hydrogens (primary N) is 1. The molecule has 4 N–H and O–H groups in total. The second kappa shape index (κ2) is 9.71. The maximum absolute atomic E-state index is 13.0. The molecular weight excluding hydrogens is 468 g/mol. The zero-order valence-electron chi connectivity index (χ0n) is 18.9. The summed E-state index contributed by atoms with van der Waals surface area (Å²) in [4.78, 5) is 24.5. The second-order valence-corrected chi connectivity index (χ2v) is 8.19. The lowest BCUT2D eigenvalue weighted by Gasteiger charge is -2.25. The van der Waals surface area contributed by atoms with E-state index in [1.54, 1.807) is 0 Å². The van der Waals surface area contributed by atoms with Crippen molar-refractivity contribution in [2.45, 2.75) is 19.5 Å². The normalized spacial score (nSPS) is 15.1. The van der Waals surface area contributed by atoms with E-state index < -0.39 is 10.8 Å². The van der Waals surface area contributed by atoms with Gasteiger partial charge in [0.25, 0.3) is 11.6 Å². The number of nitro groups is 1. The molecule has 1 atom stereocenters. The van der Waals surface area contributed by atoms with Crippen LogP contribution in [0.5, 0.6) is 0 Å². The Morgan fingerprint density at radius 3 is 2.72 bits per heavy atom. The number of fused-ring (bicyclic) bond motifs is 1. The van der Waals surface area contributed by atoms with Crippen LogP contribution in [0.3, 0.4) is 0 Å². The first kappa shape index (κ1) is 22.8. The number of hydrogen-bond donors (Lipinski definition) is 3. The SMILES string of the molecule is Nc1nonc1-n1nnc(C(=O)N/N=C\c2ccc([N+](=O)[O-])cc2)c1C[NH+]1CCc2ccccc2C1. The van der Waals surface area contributed by atoms with E-state index in [4.69, 9.17) is 10.4 Å². The Morgan fingerprint density at radius 2 is 2.00 bits per heavy atom. The van der Waals surface area contributed by atoms with Gasteiger partial charge in [-0.3, -0.25) is 14.9 Å². The van der Waals surface area contributed by atoms with Crippen molar-refractivity contribution in [2.75, 3.05) is 12.3 Å². The topological polar surface area (TPSA) is 185 Å². The number of nitrogens with zero attached hydrogens (tertiary/aromatic N) is 7. The van der Waals surface area contributed by atoms with Crippen LogP contribution in [0, 0.1) is 10.1 Å². The Labute approximate surface area is 203 Å². The number of benzene rings is 2. The molecular formula is C22H21N10O4+. The molecule has 0 bridgehead atoms. The van der Waals surface area contributed by atoms with Crippen LogP contribution >= 0.6 is 0 Å². The number of nitro benzene ring substituents is 1. The molecule has 2 aromatic heterocycles. The van der Waals surface area contributed by atoms with E-state index in [0.717, 1.165) is 19.5 Å². The lowest BCUT2D eigenvalue weighted by Crippen LogP contribution is -3.10. The molecule has 0 aliphatic carbocycles. The van der Waals surface area contributed by atoms with Crippen molar-refractivity contribution in [3.05, 3.63) is 86.7 Å². The van der Waals surface area contributed by atoms with E-state index in [0.29, 0.717) is 17.8 Å². The lowest BCUT2D eigenvalue weighted by molar-refractivity contribution is -0.929. The molecule has 0 radical (unpaired) electrons. The van der Waals surface area contributed by atoms with Gasteiger partial charge < -0.3 is 10.6 Å². The summed E-state index contributed by atoms with van der Waals surface area (Å²) < 4.78 is 6.07. The fourth-order valence-electron chi connectivity index (χ4n) is 4.08. The number of aromatic nitrogens is 5. The largest absolute Gasteiger partial charge is 0.378 e. The van der Waals surface area contributed by atoms with E-state index in [1.807, 2.05) is 12.1 Å². The van der Waals surface area contributed by atoms with Crippen molar-refractivity contribution >= 4 is 23.6 Å². The van der Waals surface area contributed by atoms with Crippen LogP contribution in [0.4, 0.5) is 11.5 Å². The number of carbonyl (C=O) groups is 1. The van der Waals surface area contributed by atoms with Crippen LogP contribution in [-0.2, 0) is 19.5 Å². The standard InChI is InChI=1S/C22H20N10O4/c23-20-21(28-36-27-20)31-18(13-30-10-9-15-3-1-2-4-16(15)12-30)19(25-29-31)22(33)26-24-11-14-5-7-17(8-6-14)32(34)35/h1-8,11H,9-10,12-13H2,(H2,23,27)(H,26,33)/p+1/b24-11-. The average Bonchev–Trinajstić information content (AvgIpc) is 3.49. The smallest absolute Gasteiger partial charge is 0.294 e. The van der Waals surface area contributed by atoms with E-state index in [-0.39, 0.29) is 23.0 Å². The summed E-state index contributed by atoms with van der Waals surface area (Å²) in [6.45, 7) is 2.05. The molecule has 4 aromatic rings. The molecule has 14 heteroatoms. The zero-order valence-corrected chi connectivity index (χ0v) is 18.9. The molecule has 1 amide bonds. The fourth-order valence-corrected chi connectivity index (χ4v) is 4.08. The summed E-state index contributed by atoms with van der Waals surface area (Å²) in [6, 6.07) is 14.0. The van der Waals surface area contributed by atoms with Crippen LogP contribution in [-0.4, -0.2) is 48.9 Å². The van der Waals surface area contributed by atoms with Gasteiger partial charge in [-0.2, -0.15) is 9.78 Å². The number of carbonyl (C=O) groups excluding carboxylic acids is 1. The molecule has 182 valence electrons. The highest BCUT2D eigenvalue weighted by molar-refractivity contribution is 5.94. The third-order valence-electron chi connectivity index (χ3n) is 5.88. The molecule has 1 unspecified atom stereocenters. The first-order valence-electron chi connectivity index (χ1n) is 11.0. The maximum atomic E-state index is 13.0. The summed E-state index contributed by atoms with van der Waals surface area (Å²) in [5.74, 6) is -0.424. The van der Waals surface area contributed by atoms with E-state index in [9.17, 15) is 14.9 Å². The zero-order chi connectivity index (χ0) is 25.1. The third-order valence-corrected chi connectivity index (χ3v) is 5.88. The summed E-state index contributed by atoms with van der Waals surface area (Å²) in [6.07, 6.45) is 2.28. The van der Waals surface area contributed by atoms with Crippen molar-refractivity contribution in [3.8, 4) is 5.82 Å². The summed E-state index contributed by atoms with van der Waals surface area (Å²) in [5, 5.41) is 30.3. The van der Waals surface area contributed by atoms with Crippen molar-refractivity contribution in [2.24, 2.45) is 5.10 Å². The van der Waals surface area contributed by atoms with Gasteiger partial charge in [-0.15, -0.1) is 5.10 Å². The highest BCUT2D eigenvalue weighted by Gasteiger charge is 2.29. The molecule has 0 saturated heterocycles. The molecule has 2 aromatic carbocycles. The van der Waals surface area contributed by atoms with E-state index >= 15 is 0 Å². The molecule has 0 fully saturated rings.